The smallest absolute Gasteiger partial charge is 0.346 e. The Morgan fingerprint density at radius 1 is 1.18 bits per heavy atom. The molecule has 0 saturated carbocycles. The SMILES string of the molecule is [B]C1([B])c2cc(CNC(=O)C(F)(F)c3ccc(Cl)cc3)ccc2C(=O)N1C1CCC(=O)NC1=O. The third-order valence-corrected chi connectivity index (χ3v) is 6.08. The Morgan fingerprint density at radius 2 is 1.85 bits per heavy atom. The van der Waals surface area contributed by atoms with Crippen LogP contribution in [0.1, 0.15) is 39.9 Å². The summed E-state index contributed by atoms with van der Waals surface area (Å²) in [7, 11) is 12.5. The molecule has 1 atom stereocenters. The second kappa shape index (κ2) is 8.54. The number of imide groups is 1. The summed E-state index contributed by atoms with van der Waals surface area (Å²) >= 11 is 5.71. The summed E-state index contributed by atoms with van der Waals surface area (Å²) in [5.74, 6) is -7.07. The van der Waals surface area contributed by atoms with Gasteiger partial charge < -0.3 is 10.2 Å². The van der Waals surface area contributed by atoms with Crippen LogP contribution in [0.3, 0.4) is 0 Å². The molecule has 0 spiro atoms. The Labute approximate surface area is 201 Å². The van der Waals surface area contributed by atoms with E-state index >= 15 is 0 Å². The number of halogens is 3. The van der Waals surface area contributed by atoms with Crippen molar-refractivity contribution in [1.29, 1.82) is 0 Å². The van der Waals surface area contributed by atoms with Gasteiger partial charge in [-0.25, -0.2) is 0 Å². The van der Waals surface area contributed by atoms with E-state index < -0.39 is 46.5 Å². The van der Waals surface area contributed by atoms with E-state index in [0.717, 1.165) is 17.0 Å². The van der Waals surface area contributed by atoms with Crippen LogP contribution < -0.4 is 10.6 Å². The highest BCUT2D eigenvalue weighted by Crippen LogP contribution is 2.38. The van der Waals surface area contributed by atoms with E-state index in [1.807, 2.05) is 0 Å². The van der Waals surface area contributed by atoms with Crippen molar-refractivity contribution in [2.24, 2.45) is 0 Å². The summed E-state index contributed by atoms with van der Waals surface area (Å²) in [4.78, 5) is 49.9. The Hall–Kier alpha value is -3.20. The molecule has 1 fully saturated rings. The van der Waals surface area contributed by atoms with Crippen LogP contribution in [0.4, 0.5) is 8.78 Å². The van der Waals surface area contributed by atoms with Crippen molar-refractivity contribution in [1.82, 2.24) is 15.5 Å². The van der Waals surface area contributed by atoms with Crippen LogP contribution in [0.2, 0.25) is 5.02 Å². The molecule has 4 rings (SSSR count). The van der Waals surface area contributed by atoms with E-state index in [1.165, 1.54) is 30.3 Å². The Morgan fingerprint density at radius 3 is 2.50 bits per heavy atom. The van der Waals surface area contributed by atoms with Crippen LogP contribution in [0.15, 0.2) is 42.5 Å². The van der Waals surface area contributed by atoms with Gasteiger partial charge in [-0.15, -0.1) is 0 Å². The topological polar surface area (TPSA) is 95.6 Å². The molecular weight excluding hydrogens is 465 g/mol. The first-order valence-electron chi connectivity index (χ1n) is 10.2. The zero-order chi connectivity index (χ0) is 24.8. The molecule has 2 aliphatic heterocycles. The minimum Gasteiger partial charge on any atom is -0.346 e. The molecular formula is C22H16B2ClF2N3O4. The van der Waals surface area contributed by atoms with Crippen molar-refractivity contribution >= 4 is 50.9 Å². The van der Waals surface area contributed by atoms with E-state index in [9.17, 15) is 28.0 Å². The third kappa shape index (κ3) is 4.09. The van der Waals surface area contributed by atoms with E-state index in [-0.39, 0.29) is 35.5 Å². The normalized spacial score (nSPS) is 19.6. The molecule has 0 aromatic heterocycles. The van der Waals surface area contributed by atoms with Crippen LogP contribution in [0, 0.1) is 0 Å². The summed E-state index contributed by atoms with van der Waals surface area (Å²) in [6.45, 7) is -0.294. The number of hydrogen-bond donors (Lipinski definition) is 2. The quantitative estimate of drug-likeness (QED) is 0.499. The van der Waals surface area contributed by atoms with Gasteiger partial charge in [0, 0.05) is 29.1 Å². The first kappa shape index (κ1) is 23.9. The predicted octanol–water partition coefficient (Wildman–Crippen LogP) is 1.46. The number of rotatable bonds is 5. The van der Waals surface area contributed by atoms with Gasteiger partial charge in [0.1, 0.15) is 6.04 Å². The molecule has 2 aromatic carbocycles. The number of piperidine rings is 1. The van der Waals surface area contributed by atoms with Crippen molar-refractivity contribution in [3.05, 3.63) is 69.7 Å². The number of carbonyl (C=O) groups is 4. The summed E-state index contributed by atoms with van der Waals surface area (Å²) in [6.07, 6.45) is 0.0783. The van der Waals surface area contributed by atoms with Crippen molar-refractivity contribution in [3.8, 4) is 0 Å². The first-order valence-corrected chi connectivity index (χ1v) is 10.6. The van der Waals surface area contributed by atoms with Crippen molar-refractivity contribution in [3.63, 3.8) is 0 Å². The highest BCUT2D eigenvalue weighted by atomic mass is 35.5. The van der Waals surface area contributed by atoms with Gasteiger partial charge in [-0.05, 0) is 41.1 Å². The van der Waals surface area contributed by atoms with Crippen LogP contribution in [0.25, 0.3) is 0 Å². The first-order chi connectivity index (χ1) is 15.9. The maximum atomic E-state index is 14.5. The molecule has 0 aliphatic carbocycles. The summed E-state index contributed by atoms with van der Waals surface area (Å²) < 4.78 is 29.0. The largest absolute Gasteiger partial charge is 0.349 e. The average molecular weight is 481 g/mol. The predicted molar refractivity (Wildman–Crippen MR) is 119 cm³/mol. The number of alkyl halides is 2. The second-order valence-electron chi connectivity index (χ2n) is 8.11. The molecule has 2 aromatic rings. The summed E-state index contributed by atoms with van der Waals surface area (Å²) in [5.41, 5.74) is 0.142. The number of hydrogen-bond acceptors (Lipinski definition) is 4. The number of carbonyl (C=O) groups excluding carboxylic acids is 4. The van der Waals surface area contributed by atoms with Crippen LogP contribution in [-0.2, 0) is 32.2 Å². The second-order valence-corrected chi connectivity index (χ2v) is 8.55. The molecule has 4 amide bonds. The molecule has 2 aliphatic rings. The molecule has 2 N–H and O–H groups in total. The molecule has 12 heteroatoms. The molecule has 170 valence electrons. The molecule has 34 heavy (non-hydrogen) atoms. The minimum absolute atomic E-state index is 0.0196. The van der Waals surface area contributed by atoms with Gasteiger partial charge in [0.05, 0.1) is 15.7 Å². The fraction of sp³-hybridized carbons (Fsp3) is 0.273. The standard InChI is InChI=1S/C22H16B2ClF2N3O4/c23-22(24)15-9-11(10-28-20(34)21(26,27)12-2-4-13(25)5-3-12)1-6-14(15)19(33)30(22)16-7-8-17(31)29-18(16)32/h1-6,9,16H,7-8,10H2,(H,28,34)(H,29,31,32). The van der Waals surface area contributed by atoms with Crippen LogP contribution in [-0.4, -0.2) is 50.3 Å². The van der Waals surface area contributed by atoms with Crippen molar-refractivity contribution < 1.29 is 28.0 Å². The highest BCUT2D eigenvalue weighted by molar-refractivity contribution is 6.43. The number of nitrogens with one attached hydrogen (secondary N) is 2. The van der Waals surface area contributed by atoms with E-state index in [1.54, 1.807) is 0 Å². The fourth-order valence-electron chi connectivity index (χ4n) is 4.06. The van der Waals surface area contributed by atoms with Crippen LogP contribution >= 0.6 is 11.6 Å². The van der Waals surface area contributed by atoms with Gasteiger partial charge in [0.15, 0.2) is 0 Å². The number of fused-ring (bicyclic) bond motifs is 1. The maximum Gasteiger partial charge on any atom is 0.349 e. The van der Waals surface area contributed by atoms with Gasteiger partial charge in [0.2, 0.25) is 11.8 Å². The average Bonchev–Trinajstić information content (AvgIpc) is 2.97. The van der Waals surface area contributed by atoms with E-state index in [0.29, 0.717) is 5.56 Å². The van der Waals surface area contributed by atoms with E-state index in [2.05, 4.69) is 10.6 Å². The van der Waals surface area contributed by atoms with Crippen molar-refractivity contribution in [2.75, 3.05) is 0 Å². The third-order valence-electron chi connectivity index (χ3n) is 5.83. The lowest BCUT2D eigenvalue weighted by Gasteiger charge is -2.40. The molecule has 1 unspecified atom stereocenters. The molecule has 0 bridgehead atoms. The molecule has 7 nitrogen and oxygen atoms in total. The summed E-state index contributed by atoms with van der Waals surface area (Å²) in [6, 6.07) is 7.86. The monoisotopic (exact) mass is 481 g/mol. The van der Waals surface area contributed by atoms with Gasteiger partial charge in [-0.3, -0.25) is 24.5 Å². The highest BCUT2D eigenvalue weighted by Gasteiger charge is 2.48. The van der Waals surface area contributed by atoms with Crippen LogP contribution in [0.5, 0.6) is 0 Å². The maximum absolute atomic E-state index is 14.5. The number of amides is 4. The lowest BCUT2D eigenvalue weighted by molar-refractivity contribution is -0.147. The van der Waals surface area contributed by atoms with Gasteiger partial charge >= 0.3 is 5.92 Å². The van der Waals surface area contributed by atoms with Gasteiger partial charge in [0.25, 0.3) is 11.8 Å². The van der Waals surface area contributed by atoms with Crippen molar-refractivity contribution in [2.45, 2.75) is 36.7 Å². The minimum atomic E-state index is -3.80. The zero-order valence-corrected chi connectivity index (χ0v) is 18.4. The molecule has 1 saturated heterocycles. The Balaban J connectivity index is 1.52. The number of benzene rings is 2. The molecule has 4 radical (unpaired) electrons. The van der Waals surface area contributed by atoms with Gasteiger partial charge in [-0.1, -0.05) is 35.9 Å². The lowest BCUT2D eigenvalue weighted by Crippen LogP contribution is -2.59. The Kier molecular flexibility index (Phi) is 6.01. The fourth-order valence-corrected chi connectivity index (χ4v) is 4.18. The van der Waals surface area contributed by atoms with Gasteiger partial charge in [-0.2, -0.15) is 8.78 Å². The lowest BCUT2D eigenvalue weighted by atomic mass is 9.57. The zero-order valence-electron chi connectivity index (χ0n) is 17.6. The van der Waals surface area contributed by atoms with E-state index in [4.69, 9.17) is 27.3 Å². The summed E-state index contributed by atoms with van der Waals surface area (Å²) in [5, 5.41) is 2.69. The Bertz CT molecular complexity index is 1210. The number of nitrogens with zero attached hydrogens (tertiary/aromatic N) is 1. The molecule has 2 heterocycles.